The number of hydrogen-bond acceptors (Lipinski definition) is 6. The summed E-state index contributed by atoms with van der Waals surface area (Å²) in [4.78, 5) is 11.2. The van der Waals surface area contributed by atoms with Crippen LogP contribution in [0.25, 0.3) is 0 Å². The van der Waals surface area contributed by atoms with Gasteiger partial charge in [-0.3, -0.25) is 4.79 Å². The Morgan fingerprint density at radius 3 is 2.85 bits per heavy atom. The zero-order valence-electron chi connectivity index (χ0n) is 11.0. The first-order chi connectivity index (χ1) is 9.46. The molecule has 108 valence electrons. The number of sulfonamides is 1. The van der Waals surface area contributed by atoms with Crippen molar-refractivity contribution < 1.29 is 17.9 Å². The van der Waals surface area contributed by atoms with E-state index in [9.17, 15) is 13.2 Å². The Bertz CT molecular complexity index is 668. The minimum absolute atomic E-state index is 0.000228. The topological polar surface area (TPSA) is 84.8 Å². The van der Waals surface area contributed by atoms with Crippen LogP contribution in [0.5, 0.6) is 0 Å². The SMILES string of the molecule is CCc1ccc2c(c1)S(=O)(=O)N=C(SCC(=O)OC)N2. The number of hydrogen-bond donors (Lipinski definition) is 1. The average Bonchev–Trinajstić information content (AvgIpc) is 2.43. The van der Waals surface area contributed by atoms with Gasteiger partial charge in [-0.05, 0) is 24.1 Å². The molecule has 1 aliphatic rings. The van der Waals surface area contributed by atoms with Crippen molar-refractivity contribution in [3.63, 3.8) is 0 Å². The first-order valence-electron chi connectivity index (χ1n) is 5.91. The molecular formula is C12H14N2O4S2. The molecule has 0 atom stereocenters. The van der Waals surface area contributed by atoms with Gasteiger partial charge >= 0.3 is 5.97 Å². The van der Waals surface area contributed by atoms with E-state index in [1.807, 2.05) is 13.0 Å². The predicted octanol–water partition coefficient (Wildman–Crippen LogP) is 1.63. The summed E-state index contributed by atoms with van der Waals surface area (Å²) in [5, 5.41) is 3.08. The fraction of sp³-hybridized carbons (Fsp3) is 0.333. The van der Waals surface area contributed by atoms with Gasteiger partial charge in [-0.15, -0.1) is 4.40 Å². The smallest absolute Gasteiger partial charge is 0.316 e. The summed E-state index contributed by atoms with van der Waals surface area (Å²) in [7, 11) is -2.45. The van der Waals surface area contributed by atoms with Gasteiger partial charge in [-0.1, -0.05) is 24.8 Å². The molecule has 1 aliphatic heterocycles. The van der Waals surface area contributed by atoms with Crippen molar-refractivity contribution in [2.24, 2.45) is 4.40 Å². The lowest BCUT2D eigenvalue weighted by Gasteiger charge is -2.18. The van der Waals surface area contributed by atoms with Crippen LogP contribution < -0.4 is 5.32 Å². The molecule has 1 aromatic rings. The summed E-state index contributed by atoms with van der Waals surface area (Å²) in [6.07, 6.45) is 0.746. The maximum Gasteiger partial charge on any atom is 0.316 e. The van der Waals surface area contributed by atoms with Gasteiger partial charge < -0.3 is 10.1 Å². The lowest BCUT2D eigenvalue weighted by atomic mass is 10.1. The number of rotatable bonds is 3. The number of anilines is 1. The van der Waals surface area contributed by atoms with Crippen molar-refractivity contribution in [3.8, 4) is 0 Å². The fourth-order valence-electron chi connectivity index (χ4n) is 1.65. The molecule has 8 heteroatoms. The van der Waals surface area contributed by atoms with Crippen molar-refractivity contribution in [3.05, 3.63) is 23.8 Å². The molecule has 0 saturated carbocycles. The molecule has 1 aromatic carbocycles. The number of nitrogens with zero attached hydrogens (tertiary/aromatic N) is 1. The first-order valence-corrected chi connectivity index (χ1v) is 8.33. The third-order valence-corrected chi connectivity index (χ3v) is 5.01. The van der Waals surface area contributed by atoms with Crippen LogP contribution in [0.1, 0.15) is 12.5 Å². The Labute approximate surface area is 121 Å². The summed E-state index contributed by atoms with van der Waals surface area (Å²) in [6, 6.07) is 5.18. The zero-order chi connectivity index (χ0) is 14.8. The van der Waals surface area contributed by atoms with Crippen molar-refractivity contribution in [2.45, 2.75) is 18.2 Å². The van der Waals surface area contributed by atoms with Crippen LogP contribution in [-0.2, 0) is 26.0 Å². The van der Waals surface area contributed by atoms with E-state index in [1.54, 1.807) is 12.1 Å². The van der Waals surface area contributed by atoms with E-state index in [1.165, 1.54) is 7.11 Å². The van der Waals surface area contributed by atoms with Gasteiger partial charge in [0.25, 0.3) is 10.0 Å². The number of thioether (sulfide) groups is 1. The number of nitrogens with one attached hydrogen (secondary N) is 1. The number of carbonyl (C=O) groups is 1. The molecule has 0 aliphatic carbocycles. The Kier molecular flexibility index (Phi) is 4.34. The number of methoxy groups -OCH3 is 1. The average molecular weight is 314 g/mol. The molecule has 0 amide bonds. The highest BCUT2D eigenvalue weighted by Crippen LogP contribution is 2.30. The monoisotopic (exact) mass is 314 g/mol. The number of amidine groups is 1. The van der Waals surface area contributed by atoms with Gasteiger partial charge in [0.2, 0.25) is 0 Å². The van der Waals surface area contributed by atoms with Gasteiger partial charge in [0.15, 0.2) is 5.17 Å². The van der Waals surface area contributed by atoms with Crippen molar-refractivity contribution >= 4 is 38.6 Å². The summed E-state index contributed by atoms with van der Waals surface area (Å²) >= 11 is 0.991. The lowest BCUT2D eigenvalue weighted by molar-refractivity contribution is -0.137. The molecule has 0 radical (unpaired) electrons. The van der Waals surface area contributed by atoms with Crippen LogP contribution in [0.3, 0.4) is 0 Å². The maximum absolute atomic E-state index is 12.1. The molecule has 0 aromatic heterocycles. The number of fused-ring (bicyclic) bond motifs is 1. The summed E-state index contributed by atoms with van der Waals surface area (Å²) in [5.74, 6) is -0.440. The highest BCUT2D eigenvalue weighted by atomic mass is 32.2. The third-order valence-electron chi connectivity index (χ3n) is 2.73. The molecule has 0 bridgehead atoms. The number of esters is 1. The van der Waals surface area contributed by atoms with E-state index < -0.39 is 16.0 Å². The molecule has 0 spiro atoms. The summed E-state index contributed by atoms with van der Waals surface area (Å²) in [5.41, 5.74) is 1.40. The summed E-state index contributed by atoms with van der Waals surface area (Å²) < 4.78 is 32.4. The molecule has 20 heavy (non-hydrogen) atoms. The largest absolute Gasteiger partial charge is 0.468 e. The molecule has 1 N–H and O–H groups in total. The molecular weight excluding hydrogens is 300 g/mol. The second-order valence-corrected chi connectivity index (χ2v) is 6.58. The van der Waals surface area contributed by atoms with Crippen LogP contribution >= 0.6 is 11.8 Å². The Morgan fingerprint density at radius 2 is 2.20 bits per heavy atom. The highest BCUT2D eigenvalue weighted by molar-refractivity contribution is 8.15. The van der Waals surface area contributed by atoms with Gasteiger partial charge in [0.05, 0.1) is 18.6 Å². The first kappa shape index (κ1) is 14.9. The second kappa shape index (κ2) is 5.84. The third kappa shape index (κ3) is 3.13. The fourth-order valence-corrected chi connectivity index (χ4v) is 3.77. The predicted molar refractivity (Wildman–Crippen MR) is 78.5 cm³/mol. The van der Waals surface area contributed by atoms with Crippen LogP contribution in [-0.4, -0.2) is 32.4 Å². The van der Waals surface area contributed by atoms with Crippen molar-refractivity contribution in [2.75, 3.05) is 18.2 Å². The van der Waals surface area contributed by atoms with Gasteiger partial charge in [-0.2, -0.15) is 8.42 Å². The van der Waals surface area contributed by atoms with E-state index in [-0.39, 0.29) is 15.8 Å². The number of carbonyl (C=O) groups excluding carboxylic acids is 1. The van der Waals surface area contributed by atoms with Crippen molar-refractivity contribution in [1.82, 2.24) is 0 Å². The highest BCUT2D eigenvalue weighted by Gasteiger charge is 2.25. The quantitative estimate of drug-likeness (QED) is 0.854. The second-order valence-electron chi connectivity index (χ2n) is 4.05. The van der Waals surface area contributed by atoms with E-state index in [4.69, 9.17) is 0 Å². The summed E-state index contributed by atoms with van der Waals surface area (Å²) in [6.45, 7) is 1.95. The van der Waals surface area contributed by atoms with Crippen LogP contribution in [0.4, 0.5) is 5.69 Å². The molecule has 0 fully saturated rings. The standard InChI is InChI=1S/C12H14N2O4S2/c1-3-8-4-5-9-10(6-8)20(16,17)14-12(13-9)19-7-11(15)18-2/h4-6H,3,7H2,1-2H3,(H,13,14). The normalized spacial score (nSPS) is 15.8. The molecule has 2 rings (SSSR count). The molecule has 1 heterocycles. The number of aryl methyl sites for hydroxylation is 1. The Balaban J connectivity index is 2.27. The number of benzene rings is 1. The Morgan fingerprint density at radius 1 is 1.45 bits per heavy atom. The lowest BCUT2D eigenvalue weighted by Crippen LogP contribution is -2.20. The van der Waals surface area contributed by atoms with E-state index in [2.05, 4.69) is 14.5 Å². The molecule has 6 nitrogen and oxygen atoms in total. The minimum atomic E-state index is -3.73. The van der Waals surface area contributed by atoms with E-state index >= 15 is 0 Å². The number of ether oxygens (including phenoxy) is 1. The van der Waals surface area contributed by atoms with Crippen LogP contribution in [0, 0.1) is 0 Å². The van der Waals surface area contributed by atoms with Crippen molar-refractivity contribution in [1.29, 1.82) is 0 Å². The van der Waals surface area contributed by atoms with Gasteiger partial charge in [0.1, 0.15) is 4.90 Å². The minimum Gasteiger partial charge on any atom is -0.468 e. The molecule has 0 saturated heterocycles. The van der Waals surface area contributed by atoms with Crippen LogP contribution in [0.2, 0.25) is 0 Å². The Hall–Kier alpha value is -1.54. The van der Waals surface area contributed by atoms with E-state index in [0.29, 0.717) is 5.69 Å². The zero-order valence-corrected chi connectivity index (χ0v) is 12.7. The maximum atomic E-state index is 12.1. The van der Waals surface area contributed by atoms with Gasteiger partial charge in [-0.25, -0.2) is 0 Å². The molecule has 0 unspecified atom stereocenters. The van der Waals surface area contributed by atoms with Crippen LogP contribution in [0.15, 0.2) is 27.5 Å². The van der Waals surface area contributed by atoms with E-state index in [0.717, 1.165) is 23.7 Å². The van der Waals surface area contributed by atoms with Gasteiger partial charge in [0, 0.05) is 0 Å².